The maximum absolute atomic E-state index is 11.7. The van der Waals surface area contributed by atoms with E-state index in [9.17, 15) is 4.79 Å². The summed E-state index contributed by atoms with van der Waals surface area (Å²) in [6.07, 6.45) is 6.39. The van der Waals surface area contributed by atoms with E-state index in [2.05, 4.69) is 29.3 Å². The lowest BCUT2D eigenvalue weighted by atomic mass is 10.3. The molecule has 0 spiro atoms. The molecule has 1 amide bonds. The smallest absolute Gasteiger partial charge is 0.240 e. The van der Waals surface area contributed by atoms with Crippen molar-refractivity contribution < 1.29 is 4.79 Å². The summed E-state index contributed by atoms with van der Waals surface area (Å²) in [7, 11) is 0. The molecule has 0 saturated carbocycles. The first-order chi connectivity index (χ1) is 7.83. The van der Waals surface area contributed by atoms with Crippen LogP contribution < -0.4 is 4.90 Å². The number of rotatable bonds is 4. The zero-order valence-electron chi connectivity index (χ0n) is 9.00. The van der Waals surface area contributed by atoms with Gasteiger partial charge < -0.3 is 0 Å². The summed E-state index contributed by atoms with van der Waals surface area (Å²) >= 11 is 3.04. The molecule has 1 aliphatic heterocycles. The van der Waals surface area contributed by atoms with Gasteiger partial charge in [-0.25, -0.2) is 0 Å². The number of allylic oxidation sites excluding steroid dienone is 1. The standard InChI is InChI=1S/C10H13N3OS2/c1-2-3-4-5-9-13(8(14)6-15-9)10-12-11-7-16-10/h4-5,7,9H,2-3,6H2,1H3/b5-4+/t9-/m1/s1. The van der Waals surface area contributed by atoms with Gasteiger partial charge in [-0.15, -0.1) is 22.0 Å². The molecule has 4 nitrogen and oxygen atoms in total. The maximum atomic E-state index is 11.7. The van der Waals surface area contributed by atoms with E-state index in [1.807, 2.05) is 0 Å². The van der Waals surface area contributed by atoms with Crippen LogP contribution in [0.4, 0.5) is 5.13 Å². The average Bonchev–Trinajstić information content (AvgIpc) is 2.88. The fourth-order valence-electron chi connectivity index (χ4n) is 1.45. The summed E-state index contributed by atoms with van der Waals surface area (Å²) in [6, 6.07) is 0. The quantitative estimate of drug-likeness (QED) is 0.774. The Balaban J connectivity index is 2.10. The number of anilines is 1. The molecular formula is C10H13N3OS2. The molecule has 6 heteroatoms. The fourth-order valence-corrected chi connectivity index (χ4v) is 3.17. The molecule has 1 saturated heterocycles. The summed E-state index contributed by atoms with van der Waals surface area (Å²) in [5.74, 6) is 0.647. The predicted molar refractivity (Wildman–Crippen MR) is 67.7 cm³/mol. The lowest BCUT2D eigenvalue weighted by Gasteiger charge is -2.17. The van der Waals surface area contributed by atoms with E-state index < -0.39 is 0 Å². The van der Waals surface area contributed by atoms with Crippen LogP contribution >= 0.6 is 23.1 Å². The van der Waals surface area contributed by atoms with Gasteiger partial charge in [-0.05, 0) is 6.42 Å². The fraction of sp³-hybridized carbons (Fsp3) is 0.500. The highest BCUT2D eigenvalue weighted by Gasteiger charge is 2.32. The lowest BCUT2D eigenvalue weighted by molar-refractivity contribution is -0.115. The van der Waals surface area contributed by atoms with Gasteiger partial charge in [0.05, 0.1) is 5.75 Å². The number of unbranched alkanes of at least 4 members (excludes halogenated alkanes) is 1. The van der Waals surface area contributed by atoms with Crippen molar-refractivity contribution in [2.24, 2.45) is 0 Å². The first-order valence-electron chi connectivity index (χ1n) is 5.19. The Morgan fingerprint density at radius 2 is 2.56 bits per heavy atom. The van der Waals surface area contributed by atoms with Crippen molar-refractivity contribution in [3.63, 3.8) is 0 Å². The molecule has 2 rings (SSSR count). The molecule has 16 heavy (non-hydrogen) atoms. The van der Waals surface area contributed by atoms with Gasteiger partial charge in [0.25, 0.3) is 0 Å². The second-order valence-corrected chi connectivity index (χ2v) is 5.32. The van der Waals surface area contributed by atoms with Crippen molar-refractivity contribution in [1.29, 1.82) is 0 Å². The van der Waals surface area contributed by atoms with Crippen LogP contribution in [0.3, 0.4) is 0 Å². The highest BCUT2D eigenvalue weighted by molar-refractivity contribution is 8.01. The van der Waals surface area contributed by atoms with Crippen molar-refractivity contribution in [3.05, 3.63) is 17.7 Å². The zero-order chi connectivity index (χ0) is 11.4. The second-order valence-electron chi connectivity index (χ2n) is 3.40. The van der Waals surface area contributed by atoms with Crippen molar-refractivity contribution in [2.45, 2.75) is 25.1 Å². The van der Waals surface area contributed by atoms with Crippen LogP contribution in [-0.4, -0.2) is 27.2 Å². The van der Waals surface area contributed by atoms with Crippen LogP contribution in [0.25, 0.3) is 0 Å². The van der Waals surface area contributed by atoms with E-state index in [0.29, 0.717) is 10.9 Å². The number of amides is 1. The van der Waals surface area contributed by atoms with E-state index >= 15 is 0 Å². The molecule has 0 bridgehead atoms. The van der Waals surface area contributed by atoms with Crippen LogP contribution in [0, 0.1) is 0 Å². The molecule has 1 aliphatic rings. The average molecular weight is 255 g/mol. The highest BCUT2D eigenvalue weighted by atomic mass is 32.2. The minimum absolute atomic E-state index is 0.0898. The minimum atomic E-state index is 0.0898. The maximum Gasteiger partial charge on any atom is 0.240 e. The second kappa shape index (κ2) is 5.45. The van der Waals surface area contributed by atoms with Gasteiger partial charge in [-0.1, -0.05) is 36.8 Å². The third kappa shape index (κ3) is 2.44. The van der Waals surface area contributed by atoms with Gasteiger partial charge in [0, 0.05) is 0 Å². The van der Waals surface area contributed by atoms with Gasteiger partial charge in [0.15, 0.2) is 0 Å². The molecule has 0 unspecified atom stereocenters. The summed E-state index contributed by atoms with van der Waals surface area (Å²) in [5, 5.41) is 8.51. The minimum Gasteiger partial charge on any atom is -0.273 e. The van der Waals surface area contributed by atoms with Gasteiger partial charge in [0.2, 0.25) is 11.0 Å². The number of hydrogen-bond acceptors (Lipinski definition) is 5. The number of thioether (sulfide) groups is 1. The number of hydrogen-bond donors (Lipinski definition) is 0. The molecule has 1 fully saturated rings. The third-order valence-corrected chi connectivity index (χ3v) is 4.02. The molecule has 0 radical (unpaired) electrons. The molecule has 0 aliphatic carbocycles. The topological polar surface area (TPSA) is 46.1 Å². The molecule has 1 aromatic heterocycles. The van der Waals surface area contributed by atoms with E-state index in [1.165, 1.54) is 11.3 Å². The monoisotopic (exact) mass is 255 g/mol. The number of carbonyl (C=O) groups is 1. The summed E-state index contributed by atoms with van der Waals surface area (Å²) < 4.78 is 0. The van der Waals surface area contributed by atoms with Crippen LogP contribution in [-0.2, 0) is 4.79 Å². The number of carbonyl (C=O) groups excluding carboxylic acids is 1. The Bertz CT molecular complexity index is 377. The Labute approximate surface area is 103 Å². The summed E-state index contributed by atoms with van der Waals surface area (Å²) in [5.41, 5.74) is 1.65. The van der Waals surface area contributed by atoms with Gasteiger partial charge in [-0.2, -0.15) is 0 Å². The van der Waals surface area contributed by atoms with E-state index in [0.717, 1.165) is 12.8 Å². The van der Waals surface area contributed by atoms with E-state index in [4.69, 9.17) is 0 Å². The van der Waals surface area contributed by atoms with Gasteiger partial charge in [0.1, 0.15) is 10.9 Å². The molecule has 1 atom stereocenters. The predicted octanol–water partition coefficient (Wildman–Crippen LogP) is 2.30. The van der Waals surface area contributed by atoms with Crippen molar-refractivity contribution >= 4 is 34.1 Å². The van der Waals surface area contributed by atoms with Crippen molar-refractivity contribution in [3.8, 4) is 0 Å². The van der Waals surface area contributed by atoms with Crippen molar-refractivity contribution in [2.75, 3.05) is 10.7 Å². The molecule has 0 aromatic carbocycles. The normalized spacial score (nSPS) is 21.2. The first kappa shape index (κ1) is 11.6. The van der Waals surface area contributed by atoms with Gasteiger partial charge >= 0.3 is 0 Å². The first-order valence-corrected chi connectivity index (χ1v) is 7.12. The number of aromatic nitrogens is 2. The molecule has 1 aromatic rings. The molecule has 0 N–H and O–H groups in total. The zero-order valence-corrected chi connectivity index (χ0v) is 10.6. The van der Waals surface area contributed by atoms with E-state index in [1.54, 1.807) is 22.2 Å². The van der Waals surface area contributed by atoms with E-state index in [-0.39, 0.29) is 11.3 Å². The van der Waals surface area contributed by atoms with Crippen LogP contribution in [0.1, 0.15) is 19.8 Å². The Kier molecular flexibility index (Phi) is 3.95. The third-order valence-electron chi connectivity index (χ3n) is 2.21. The molecule has 2 heterocycles. The highest BCUT2D eigenvalue weighted by Crippen LogP contribution is 2.32. The molecule has 86 valence electrons. The van der Waals surface area contributed by atoms with Crippen LogP contribution in [0.5, 0.6) is 0 Å². The van der Waals surface area contributed by atoms with Crippen LogP contribution in [0.2, 0.25) is 0 Å². The number of nitrogens with zero attached hydrogens (tertiary/aromatic N) is 3. The molecular weight excluding hydrogens is 242 g/mol. The largest absolute Gasteiger partial charge is 0.273 e. The SMILES string of the molecule is CCC/C=C/[C@H]1SCC(=O)N1c1nncs1. The lowest BCUT2D eigenvalue weighted by Crippen LogP contribution is -2.31. The van der Waals surface area contributed by atoms with Crippen LogP contribution in [0.15, 0.2) is 17.7 Å². The van der Waals surface area contributed by atoms with Crippen molar-refractivity contribution in [1.82, 2.24) is 10.2 Å². The summed E-state index contributed by atoms with van der Waals surface area (Å²) in [4.78, 5) is 13.5. The Hall–Kier alpha value is -0.880. The Morgan fingerprint density at radius 1 is 1.69 bits per heavy atom. The Morgan fingerprint density at radius 3 is 3.25 bits per heavy atom. The van der Waals surface area contributed by atoms with Gasteiger partial charge in [-0.3, -0.25) is 9.69 Å². The summed E-state index contributed by atoms with van der Waals surface area (Å²) in [6.45, 7) is 2.14.